The maximum absolute atomic E-state index is 12.6. The lowest BCUT2D eigenvalue weighted by Crippen LogP contribution is -2.48. The largest absolute Gasteiger partial charge is 0.495 e. The molecule has 0 aliphatic carbocycles. The number of anilines is 1. The van der Waals surface area contributed by atoms with E-state index in [0.717, 1.165) is 0 Å². The Morgan fingerprint density at radius 3 is 2.46 bits per heavy atom. The summed E-state index contributed by atoms with van der Waals surface area (Å²) in [6.07, 6.45) is 1.21. The van der Waals surface area contributed by atoms with E-state index in [0.29, 0.717) is 35.3 Å². The number of methoxy groups -OCH3 is 2. The van der Waals surface area contributed by atoms with Crippen molar-refractivity contribution >= 4 is 23.2 Å². The third-order valence-corrected chi connectivity index (χ3v) is 4.20. The summed E-state index contributed by atoms with van der Waals surface area (Å²) in [5.41, 5.74) is 0.514. The fourth-order valence-corrected chi connectivity index (χ4v) is 3.01. The van der Waals surface area contributed by atoms with Gasteiger partial charge in [0.15, 0.2) is 0 Å². The van der Waals surface area contributed by atoms with Crippen LogP contribution in [-0.2, 0) is 9.53 Å². The second kappa shape index (κ2) is 8.79. The number of amides is 1. The van der Waals surface area contributed by atoms with Gasteiger partial charge in [0.2, 0.25) is 0 Å². The maximum Gasteiger partial charge on any atom is 0.266 e. The topological polar surface area (TPSA) is 83.8 Å². The highest BCUT2D eigenvalue weighted by atomic mass is 35.5. The van der Waals surface area contributed by atoms with E-state index < -0.39 is 0 Å². The highest BCUT2D eigenvalue weighted by molar-refractivity contribution is 6.32. The number of nitrogens with zero attached hydrogens (tertiary/aromatic N) is 2. The van der Waals surface area contributed by atoms with Crippen LogP contribution in [0, 0.1) is 11.3 Å². The zero-order valence-electron chi connectivity index (χ0n) is 15.2. The minimum atomic E-state index is -0.345. The van der Waals surface area contributed by atoms with Gasteiger partial charge in [0.05, 0.1) is 37.1 Å². The Morgan fingerprint density at radius 1 is 1.31 bits per heavy atom. The van der Waals surface area contributed by atoms with Crippen molar-refractivity contribution in [1.29, 1.82) is 5.26 Å². The number of hydrogen-bond donors (Lipinski definition) is 1. The Bertz CT molecular complexity index is 735. The van der Waals surface area contributed by atoms with Crippen LogP contribution in [0.4, 0.5) is 5.69 Å². The molecule has 1 aromatic rings. The van der Waals surface area contributed by atoms with Crippen molar-refractivity contribution in [3.05, 3.63) is 28.9 Å². The van der Waals surface area contributed by atoms with Crippen LogP contribution in [0.15, 0.2) is 23.9 Å². The fourth-order valence-electron chi connectivity index (χ4n) is 2.78. The number of rotatable bonds is 5. The fraction of sp³-hybridized carbons (Fsp3) is 0.444. The Balaban J connectivity index is 2.22. The first-order chi connectivity index (χ1) is 12.4. The van der Waals surface area contributed by atoms with Gasteiger partial charge in [-0.2, -0.15) is 5.26 Å². The molecule has 0 spiro atoms. The summed E-state index contributed by atoms with van der Waals surface area (Å²) in [6, 6.07) is 5.17. The Kier molecular flexibility index (Phi) is 6.72. The van der Waals surface area contributed by atoms with Crippen molar-refractivity contribution in [3.63, 3.8) is 0 Å². The minimum absolute atomic E-state index is 0.0118. The molecule has 0 saturated carbocycles. The highest BCUT2D eigenvalue weighted by Crippen LogP contribution is 2.36. The third kappa shape index (κ3) is 4.59. The lowest BCUT2D eigenvalue weighted by atomic mass is 10.2. The molecule has 1 aromatic carbocycles. The number of benzene rings is 1. The molecule has 1 aliphatic rings. The zero-order valence-corrected chi connectivity index (χ0v) is 16.0. The molecule has 1 N–H and O–H groups in total. The number of carbonyl (C=O) groups excluding carboxylic acids is 1. The van der Waals surface area contributed by atoms with E-state index in [1.54, 1.807) is 17.0 Å². The van der Waals surface area contributed by atoms with Crippen molar-refractivity contribution in [2.45, 2.75) is 26.1 Å². The molecule has 1 amide bonds. The number of ether oxygens (including phenoxy) is 3. The van der Waals surface area contributed by atoms with Gasteiger partial charge in [0.1, 0.15) is 23.1 Å². The maximum atomic E-state index is 12.6. The summed E-state index contributed by atoms with van der Waals surface area (Å²) >= 11 is 6.08. The predicted molar refractivity (Wildman–Crippen MR) is 98.5 cm³/mol. The number of morpholine rings is 1. The molecule has 1 saturated heterocycles. The van der Waals surface area contributed by atoms with Crippen LogP contribution in [0.3, 0.4) is 0 Å². The van der Waals surface area contributed by atoms with Crippen LogP contribution in [0.1, 0.15) is 13.8 Å². The lowest BCUT2D eigenvalue weighted by Gasteiger charge is -2.35. The Hall–Kier alpha value is -2.43. The van der Waals surface area contributed by atoms with Crippen LogP contribution in [0.5, 0.6) is 11.5 Å². The van der Waals surface area contributed by atoms with Crippen LogP contribution >= 0.6 is 11.6 Å². The summed E-state index contributed by atoms with van der Waals surface area (Å²) in [7, 11) is 3.00. The van der Waals surface area contributed by atoms with Crippen LogP contribution in [-0.4, -0.2) is 50.3 Å². The number of carbonyl (C=O) groups is 1. The molecule has 26 heavy (non-hydrogen) atoms. The smallest absolute Gasteiger partial charge is 0.266 e. The average molecular weight is 380 g/mol. The van der Waals surface area contributed by atoms with E-state index in [-0.39, 0.29) is 23.7 Å². The summed E-state index contributed by atoms with van der Waals surface area (Å²) in [6.45, 7) is 4.68. The van der Waals surface area contributed by atoms with Gasteiger partial charge >= 0.3 is 0 Å². The quantitative estimate of drug-likeness (QED) is 0.625. The monoisotopic (exact) mass is 379 g/mol. The third-order valence-electron chi connectivity index (χ3n) is 3.90. The van der Waals surface area contributed by atoms with E-state index >= 15 is 0 Å². The average Bonchev–Trinajstić information content (AvgIpc) is 2.61. The Labute approximate surface area is 158 Å². The summed E-state index contributed by atoms with van der Waals surface area (Å²) in [5, 5.41) is 12.7. The number of hydrogen-bond acceptors (Lipinski definition) is 6. The van der Waals surface area contributed by atoms with Gasteiger partial charge in [-0.15, -0.1) is 0 Å². The molecule has 1 aliphatic heterocycles. The first-order valence-corrected chi connectivity index (χ1v) is 8.50. The van der Waals surface area contributed by atoms with E-state index in [1.165, 1.54) is 20.4 Å². The molecular formula is C18H22ClN3O4. The summed E-state index contributed by atoms with van der Waals surface area (Å²) in [5.74, 6) is 0.566. The van der Waals surface area contributed by atoms with Gasteiger partial charge in [-0.25, -0.2) is 0 Å². The second-order valence-corrected chi connectivity index (χ2v) is 6.38. The van der Waals surface area contributed by atoms with Gasteiger partial charge in [-0.1, -0.05) is 11.6 Å². The van der Waals surface area contributed by atoms with Crippen LogP contribution < -0.4 is 14.8 Å². The van der Waals surface area contributed by atoms with E-state index in [4.69, 9.17) is 25.8 Å². The molecule has 8 heteroatoms. The molecular weight excluding hydrogens is 358 g/mol. The van der Waals surface area contributed by atoms with E-state index in [1.807, 2.05) is 19.9 Å². The molecule has 1 heterocycles. The molecule has 2 atom stereocenters. The molecule has 2 unspecified atom stereocenters. The molecule has 0 radical (unpaired) electrons. The van der Waals surface area contributed by atoms with Crippen molar-refractivity contribution in [2.24, 2.45) is 0 Å². The van der Waals surface area contributed by atoms with Gasteiger partial charge in [-0.05, 0) is 13.8 Å². The van der Waals surface area contributed by atoms with Crippen molar-refractivity contribution in [1.82, 2.24) is 4.90 Å². The van der Waals surface area contributed by atoms with Crippen LogP contribution in [0.25, 0.3) is 0 Å². The van der Waals surface area contributed by atoms with Gasteiger partial charge in [0, 0.05) is 31.4 Å². The van der Waals surface area contributed by atoms with Gasteiger partial charge < -0.3 is 24.4 Å². The summed E-state index contributed by atoms with van der Waals surface area (Å²) in [4.78, 5) is 14.3. The van der Waals surface area contributed by atoms with E-state index in [2.05, 4.69) is 5.32 Å². The molecule has 0 bridgehead atoms. The lowest BCUT2D eigenvalue weighted by molar-refractivity contribution is -0.138. The first kappa shape index (κ1) is 19.9. The number of halogens is 1. The van der Waals surface area contributed by atoms with Gasteiger partial charge in [0.25, 0.3) is 5.91 Å². The Morgan fingerprint density at radius 2 is 1.92 bits per heavy atom. The minimum Gasteiger partial charge on any atom is -0.495 e. The van der Waals surface area contributed by atoms with Crippen molar-refractivity contribution < 1.29 is 19.0 Å². The molecule has 1 fully saturated rings. The van der Waals surface area contributed by atoms with E-state index in [9.17, 15) is 10.1 Å². The molecule has 140 valence electrons. The molecule has 2 rings (SSSR count). The standard InChI is InChI=1S/C18H22ClN3O4/c1-11-9-22(10-12(2)26-11)18(23)13(7-20)8-21-15-6-16(24-3)14(19)5-17(15)25-4/h5-6,8,11-12,21H,9-10H2,1-4H3/b13-8-. The predicted octanol–water partition coefficient (Wildman–Crippen LogP) is 2.81. The van der Waals surface area contributed by atoms with Crippen LogP contribution in [0.2, 0.25) is 5.02 Å². The number of nitrogens with one attached hydrogen (secondary N) is 1. The molecule has 7 nitrogen and oxygen atoms in total. The second-order valence-electron chi connectivity index (χ2n) is 5.97. The normalized spacial score (nSPS) is 20.3. The van der Waals surface area contributed by atoms with Crippen molar-refractivity contribution in [3.8, 4) is 17.6 Å². The van der Waals surface area contributed by atoms with Gasteiger partial charge in [-0.3, -0.25) is 4.79 Å². The first-order valence-electron chi connectivity index (χ1n) is 8.12. The zero-order chi connectivity index (χ0) is 19.3. The summed E-state index contributed by atoms with van der Waals surface area (Å²) < 4.78 is 16.1. The SMILES string of the molecule is COc1cc(N/C=C(/C#N)C(=O)N2CC(C)OC(C)C2)c(OC)cc1Cl. The van der Waals surface area contributed by atoms with Crippen molar-refractivity contribution in [2.75, 3.05) is 32.6 Å². The molecule has 0 aromatic heterocycles. The highest BCUT2D eigenvalue weighted by Gasteiger charge is 2.27. The number of nitriles is 1.